The normalized spacial score (nSPS) is 15.9. The summed E-state index contributed by atoms with van der Waals surface area (Å²) in [5.74, 6) is -0.655. The Morgan fingerprint density at radius 3 is 2.54 bits per heavy atom. The van der Waals surface area contributed by atoms with Gasteiger partial charge in [-0.1, -0.05) is 37.3 Å². The van der Waals surface area contributed by atoms with Crippen LogP contribution in [0.3, 0.4) is 0 Å². The van der Waals surface area contributed by atoms with Crippen LogP contribution in [0.1, 0.15) is 35.3 Å². The molecule has 1 atom stereocenters. The molecule has 1 amide bonds. The van der Waals surface area contributed by atoms with E-state index >= 15 is 0 Å². The molecule has 1 heterocycles. The largest absolute Gasteiger partial charge is 0.452 e. The summed E-state index contributed by atoms with van der Waals surface area (Å²) in [6, 6.07) is 15.2. The van der Waals surface area contributed by atoms with E-state index in [1.54, 1.807) is 17.0 Å². The molecule has 4 heteroatoms. The fraction of sp³-hybridized carbons (Fsp3) is 0.300. The van der Waals surface area contributed by atoms with Gasteiger partial charge in [-0.2, -0.15) is 0 Å². The van der Waals surface area contributed by atoms with E-state index in [1.807, 2.05) is 43.3 Å². The predicted octanol–water partition coefficient (Wildman–Crippen LogP) is 3.38. The second-order valence-electron chi connectivity index (χ2n) is 6.07. The number of aryl methyl sites for hydroxylation is 1. The topological polar surface area (TPSA) is 46.6 Å². The van der Waals surface area contributed by atoms with Crippen LogP contribution in [0.2, 0.25) is 0 Å². The number of carbonyl (C=O) groups is 2. The third-order valence-electron chi connectivity index (χ3n) is 4.40. The molecule has 0 aromatic heterocycles. The number of fused-ring (bicyclic) bond motifs is 1. The van der Waals surface area contributed by atoms with Crippen molar-refractivity contribution in [1.29, 1.82) is 0 Å². The maximum atomic E-state index is 12.5. The van der Waals surface area contributed by atoms with Gasteiger partial charge in [-0.3, -0.25) is 4.79 Å². The maximum absolute atomic E-state index is 12.5. The number of anilines is 1. The zero-order chi connectivity index (χ0) is 17.1. The molecule has 2 aromatic rings. The summed E-state index contributed by atoms with van der Waals surface area (Å²) in [6.07, 6.45) is 1.74. The Labute approximate surface area is 142 Å². The summed E-state index contributed by atoms with van der Waals surface area (Å²) in [5.41, 5.74) is 3.69. The number of carbonyl (C=O) groups excluding carboxylic acids is 2. The van der Waals surface area contributed by atoms with Crippen LogP contribution >= 0.6 is 0 Å². The summed E-state index contributed by atoms with van der Waals surface area (Å²) < 4.78 is 5.21. The van der Waals surface area contributed by atoms with E-state index in [4.69, 9.17) is 4.74 Å². The lowest BCUT2D eigenvalue weighted by Gasteiger charge is -2.22. The van der Waals surface area contributed by atoms with Crippen LogP contribution in [0.5, 0.6) is 0 Å². The molecule has 0 radical (unpaired) electrons. The molecule has 124 valence electrons. The first-order valence-electron chi connectivity index (χ1n) is 8.26. The van der Waals surface area contributed by atoms with Crippen LogP contribution in [0.15, 0.2) is 48.5 Å². The molecule has 0 spiro atoms. The first-order chi connectivity index (χ1) is 11.6. The van der Waals surface area contributed by atoms with Crippen LogP contribution in [-0.4, -0.2) is 24.5 Å². The number of para-hydroxylation sites is 1. The molecule has 0 fully saturated rings. The highest BCUT2D eigenvalue weighted by molar-refractivity contribution is 5.99. The Hall–Kier alpha value is -2.62. The zero-order valence-corrected chi connectivity index (χ0v) is 14.0. The van der Waals surface area contributed by atoms with Gasteiger partial charge in [-0.25, -0.2) is 4.79 Å². The van der Waals surface area contributed by atoms with Gasteiger partial charge in [0.25, 0.3) is 5.91 Å². The average molecular weight is 323 g/mol. The van der Waals surface area contributed by atoms with Gasteiger partial charge in [0.05, 0.1) is 5.56 Å². The van der Waals surface area contributed by atoms with E-state index in [0.29, 0.717) is 5.56 Å². The Bertz CT molecular complexity index is 752. The quantitative estimate of drug-likeness (QED) is 0.810. The van der Waals surface area contributed by atoms with Crippen LogP contribution < -0.4 is 4.90 Å². The molecule has 1 aliphatic heterocycles. The number of benzene rings is 2. The molecule has 0 unspecified atom stereocenters. The van der Waals surface area contributed by atoms with Crippen LogP contribution in [0.4, 0.5) is 5.69 Å². The van der Waals surface area contributed by atoms with E-state index in [2.05, 4.69) is 6.92 Å². The van der Waals surface area contributed by atoms with E-state index in [9.17, 15) is 9.59 Å². The minimum absolute atomic E-state index is 0.0810. The van der Waals surface area contributed by atoms with Crippen molar-refractivity contribution >= 4 is 17.6 Å². The highest BCUT2D eigenvalue weighted by atomic mass is 16.5. The van der Waals surface area contributed by atoms with Crippen molar-refractivity contribution in [1.82, 2.24) is 0 Å². The van der Waals surface area contributed by atoms with Gasteiger partial charge in [0.2, 0.25) is 0 Å². The van der Waals surface area contributed by atoms with E-state index in [0.717, 1.165) is 29.7 Å². The molecule has 0 saturated carbocycles. The molecule has 1 aliphatic rings. The number of esters is 1. The number of amides is 1. The Balaban J connectivity index is 1.64. The van der Waals surface area contributed by atoms with Gasteiger partial charge in [0.15, 0.2) is 6.61 Å². The van der Waals surface area contributed by atoms with Crippen LogP contribution in [0.25, 0.3) is 0 Å². The molecule has 3 rings (SSSR count). The number of hydrogen-bond acceptors (Lipinski definition) is 3. The lowest BCUT2D eigenvalue weighted by atomic mass is 10.1. The first kappa shape index (κ1) is 16.2. The Morgan fingerprint density at radius 1 is 1.12 bits per heavy atom. The van der Waals surface area contributed by atoms with E-state index < -0.39 is 5.97 Å². The smallest absolute Gasteiger partial charge is 0.338 e. The highest BCUT2D eigenvalue weighted by Crippen LogP contribution is 2.31. The minimum atomic E-state index is -0.467. The molecular weight excluding hydrogens is 302 g/mol. The van der Waals surface area contributed by atoms with Crippen molar-refractivity contribution < 1.29 is 14.3 Å². The second-order valence-corrected chi connectivity index (χ2v) is 6.07. The molecule has 0 N–H and O–H groups in total. The third kappa shape index (κ3) is 3.18. The van der Waals surface area contributed by atoms with Gasteiger partial charge in [-0.05, 0) is 49.1 Å². The van der Waals surface area contributed by atoms with Gasteiger partial charge in [0.1, 0.15) is 0 Å². The molecule has 0 aliphatic carbocycles. The minimum Gasteiger partial charge on any atom is -0.452 e. The summed E-state index contributed by atoms with van der Waals surface area (Å²) in [6.45, 7) is 3.82. The van der Waals surface area contributed by atoms with Crippen molar-refractivity contribution in [3.05, 3.63) is 65.2 Å². The Morgan fingerprint density at radius 2 is 1.83 bits per heavy atom. The molecule has 24 heavy (non-hydrogen) atoms. The number of nitrogens with zero attached hydrogens (tertiary/aromatic N) is 1. The van der Waals surface area contributed by atoms with Crippen molar-refractivity contribution in [2.45, 2.75) is 32.7 Å². The summed E-state index contributed by atoms with van der Waals surface area (Å²) in [4.78, 5) is 26.3. The van der Waals surface area contributed by atoms with Gasteiger partial charge in [0, 0.05) is 11.7 Å². The predicted molar refractivity (Wildman–Crippen MR) is 93.2 cm³/mol. The first-order valence-corrected chi connectivity index (χ1v) is 8.26. The van der Waals surface area contributed by atoms with Gasteiger partial charge < -0.3 is 9.64 Å². The lowest BCUT2D eigenvalue weighted by molar-refractivity contribution is -0.122. The van der Waals surface area contributed by atoms with Crippen LogP contribution in [-0.2, 0) is 22.4 Å². The molecular formula is C20H21NO3. The fourth-order valence-electron chi connectivity index (χ4n) is 3.10. The molecule has 4 nitrogen and oxygen atoms in total. The van der Waals surface area contributed by atoms with Crippen molar-refractivity contribution in [3.63, 3.8) is 0 Å². The average Bonchev–Trinajstić information content (AvgIpc) is 2.95. The Kier molecular flexibility index (Phi) is 4.65. The summed E-state index contributed by atoms with van der Waals surface area (Å²) >= 11 is 0. The fourth-order valence-corrected chi connectivity index (χ4v) is 3.10. The number of rotatable bonds is 4. The third-order valence-corrected chi connectivity index (χ3v) is 4.40. The molecule has 0 bridgehead atoms. The standard InChI is InChI=1S/C20H21NO3/c1-3-15-8-10-16(11-9-15)20(23)24-13-19(22)21-14(2)12-17-6-4-5-7-18(17)21/h4-11,14H,3,12-13H2,1-2H3/t14-/m1/s1. The summed E-state index contributed by atoms with van der Waals surface area (Å²) in [5, 5.41) is 0. The maximum Gasteiger partial charge on any atom is 0.338 e. The SMILES string of the molecule is CCc1ccc(C(=O)OCC(=O)N2c3ccccc3C[C@H]2C)cc1. The van der Waals surface area contributed by atoms with Crippen molar-refractivity contribution in [3.8, 4) is 0 Å². The van der Waals surface area contributed by atoms with Gasteiger partial charge in [-0.15, -0.1) is 0 Å². The van der Waals surface area contributed by atoms with Gasteiger partial charge >= 0.3 is 5.97 Å². The summed E-state index contributed by atoms with van der Waals surface area (Å²) in [7, 11) is 0. The monoisotopic (exact) mass is 323 g/mol. The van der Waals surface area contributed by atoms with Crippen molar-refractivity contribution in [2.24, 2.45) is 0 Å². The van der Waals surface area contributed by atoms with E-state index in [-0.39, 0.29) is 18.6 Å². The highest BCUT2D eigenvalue weighted by Gasteiger charge is 2.30. The molecule has 2 aromatic carbocycles. The lowest BCUT2D eigenvalue weighted by Crippen LogP contribution is -2.38. The second kappa shape index (κ2) is 6.87. The molecule has 0 saturated heterocycles. The van der Waals surface area contributed by atoms with E-state index in [1.165, 1.54) is 0 Å². The van der Waals surface area contributed by atoms with Crippen molar-refractivity contribution in [2.75, 3.05) is 11.5 Å². The number of hydrogen-bond donors (Lipinski definition) is 0. The number of ether oxygens (including phenoxy) is 1. The van der Waals surface area contributed by atoms with Crippen LogP contribution in [0, 0.1) is 0 Å². The zero-order valence-electron chi connectivity index (χ0n) is 14.0.